The zero-order valence-corrected chi connectivity index (χ0v) is 18.0. The van der Waals surface area contributed by atoms with Gasteiger partial charge in [0.05, 0.1) is 22.3 Å². The highest BCUT2D eigenvalue weighted by Gasteiger charge is 2.26. The van der Waals surface area contributed by atoms with Crippen LogP contribution in [-0.2, 0) is 9.63 Å². The molecule has 0 spiro atoms. The molecule has 1 atom stereocenters. The minimum atomic E-state index is -0.797. The van der Waals surface area contributed by atoms with Crippen molar-refractivity contribution in [1.29, 1.82) is 0 Å². The molecular formula is C21H22ClN3O3S. The molecule has 0 aliphatic heterocycles. The van der Waals surface area contributed by atoms with Gasteiger partial charge in [-0.3, -0.25) is 9.78 Å². The number of rotatable bonds is 9. The highest BCUT2D eigenvalue weighted by molar-refractivity contribution is 7.99. The third-order valence-corrected chi connectivity index (χ3v) is 4.66. The third-order valence-electron chi connectivity index (χ3n) is 3.64. The number of pyridine rings is 1. The van der Waals surface area contributed by atoms with Gasteiger partial charge in [-0.15, -0.1) is 18.2 Å². The Hall–Kier alpha value is -2.69. The summed E-state index contributed by atoms with van der Waals surface area (Å²) in [6.45, 7) is 7.42. The summed E-state index contributed by atoms with van der Waals surface area (Å²) in [5.74, 6) is 2.66. The van der Waals surface area contributed by atoms with Gasteiger partial charge in [-0.25, -0.2) is 0 Å². The van der Waals surface area contributed by atoms with E-state index in [4.69, 9.17) is 27.6 Å². The number of carbonyl (C=O) groups is 1. The molecule has 152 valence electrons. The SMILES string of the molecule is C#Cc1cnc2c(Cl)cc(OC(SC)C(=O)NC(C)(C)C=NOCC=C)cc2c1. The Morgan fingerprint density at radius 3 is 2.93 bits per heavy atom. The number of terminal acetylenes is 1. The van der Waals surface area contributed by atoms with Gasteiger partial charge in [0.15, 0.2) is 0 Å². The molecule has 29 heavy (non-hydrogen) atoms. The van der Waals surface area contributed by atoms with Crippen LogP contribution >= 0.6 is 23.4 Å². The van der Waals surface area contributed by atoms with Crippen LogP contribution < -0.4 is 10.1 Å². The molecule has 1 heterocycles. The van der Waals surface area contributed by atoms with Crippen molar-refractivity contribution >= 4 is 46.4 Å². The number of aromatic nitrogens is 1. The molecule has 6 nitrogen and oxygen atoms in total. The molecule has 1 unspecified atom stereocenters. The maximum Gasteiger partial charge on any atom is 0.272 e. The van der Waals surface area contributed by atoms with Crippen LogP contribution in [0.1, 0.15) is 19.4 Å². The van der Waals surface area contributed by atoms with Crippen LogP contribution in [0.25, 0.3) is 10.9 Å². The predicted molar refractivity (Wildman–Crippen MR) is 119 cm³/mol. The van der Waals surface area contributed by atoms with Gasteiger partial charge in [-0.2, -0.15) is 0 Å². The van der Waals surface area contributed by atoms with Crippen LogP contribution in [0.3, 0.4) is 0 Å². The summed E-state index contributed by atoms with van der Waals surface area (Å²) in [5, 5.41) is 7.82. The van der Waals surface area contributed by atoms with Crippen molar-refractivity contribution in [3.05, 3.63) is 47.6 Å². The second-order valence-corrected chi connectivity index (χ2v) is 7.87. The van der Waals surface area contributed by atoms with E-state index in [0.29, 0.717) is 21.9 Å². The lowest BCUT2D eigenvalue weighted by Crippen LogP contribution is -2.49. The summed E-state index contributed by atoms with van der Waals surface area (Å²) in [6, 6.07) is 5.16. The molecule has 0 saturated heterocycles. The van der Waals surface area contributed by atoms with Gasteiger partial charge in [-0.05, 0) is 32.2 Å². The summed E-state index contributed by atoms with van der Waals surface area (Å²) in [7, 11) is 0. The topological polar surface area (TPSA) is 72.8 Å². The van der Waals surface area contributed by atoms with Gasteiger partial charge in [0.25, 0.3) is 5.91 Å². The van der Waals surface area contributed by atoms with Crippen molar-refractivity contribution in [2.24, 2.45) is 5.16 Å². The lowest BCUT2D eigenvalue weighted by Gasteiger charge is -2.24. The molecule has 1 amide bonds. The number of halogens is 1. The fourth-order valence-corrected chi connectivity index (χ4v) is 3.08. The summed E-state index contributed by atoms with van der Waals surface area (Å²) in [5.41, 5.74) is -0.291. The predicted octanol–water partition coefficient (Wildman–Crippen LogP) is 4.02. The number of carbonyl (C=O) groups excluding carboxylic acids is 1. The maximum absolute atomic E-state index is 12.7. The minimum Gasteiger partial charge on any atom is -0.470 e. The van der Waals surface area contributed by atoms with Crippen LogP contribution in [0.4, 0.5) is 0 Å². The lowest BCUT2D eigenvalue weighted by molar-refractivity contribution is -0.125. The fourth-order valence-electron chi connectivity index (χ4n) is 2.33. The van der Waals surface area contributed by atoms with Crippen LogP contribution in [0.15, 0.2) is 42.2 Å². The van der Waals surface area contributed by atoms with Crippen molar-refractivity contribution in [2.75, 3.05) is 12.9 Å². The molecule has 0 aliphatic carbocycles. The van der Waals surface area contributed by atoms with E-state index >= 15 is 0 Å². The number of oxime groups is 1. The summed E-state index contributed by atoms with van der Waals surface area (Å²) in [6.07, 6.45) is 11.9. The number of hydrogen-bond acceptors (Lipinski definition) is 6. The average Bonchev–Trinajstić information content (AvgIpc) is 2.68. The average molecular weight is 432 g/mol. The third kappa shape index (κ3) is 6.41. The highest BCUT2D eigenvalue weighted by atomic mass is 35.5. The second kappa shape index (κ2) is 10.2. The number of hydrogen-bond donors (Lipinski definition) is 1. The van der Waals surface area contributed by atoms with Gasteiger partial charge in [0.2, 0.25) is 5.44 Å². The Morgan fingerprint density at radius 2 is 2.28 bits per heavy atom. The Balaban J connectivity index is 2.16. The molecule has 1 aromatic carbocycles. The smallest absolute Gasteiger partial charge is 0.272 e. The van der Waals surface area contributed by atoms with Crippen LogP contribution in [-0.4, -0.2) is 40.9 Å². The van der Waals surface area contributed by atoms with Gasteiger partial charge >= 0.3 is 0 Å². The van der Waals surface area contributed by atoms with Gasteiger partial charge in [0, 0.05) is 23.2 Å². The molecule has 2 rings (SSSR count). The van der Waals surface area contributed by atoms with Crippen molar-refractivity contribution in [1.82, 2.24) is 10.3 Å². The Kier molecular flexibility index (Phi) is 7.94. The van der Waals surface area contributed by atoms with E-state index < -0.39 is 11.0 Å². The standard InChI is InChI=1S/C21H22ClN3O3S/c1-6-8-27-24-13-21(3,4)25-19(26)20(29-5)28-16-10-15-9-14(7-2)12-23-18(15)17(22)11-16/h2,6,9-13,20H,1,8H2,3-5H3,(H,25,26). The van der Waals surface area contributed by atoms with Crippen LogP contribution in [0, 0.1) is 12.3 Å². The minimum absolute atomic E-state index is 0.288. The molecule has 8 heteroatoms. The molecule has 1 aromatic heterocycles. The van der Waals surface area contributed by atoms with Crippen molar-refractivity contribution in [3.63, 3.8) is 0 Å². The number of nitrogens with zero attached hydrogens (tertiary/aromatic N) is 2. The van der Waals surface area contributed by atoms with E-state index in [9.17, 15) is 4.79 Å². The number of thioether (sulfide) groups is 1. The fraction of sp³-hybridized carbons (Fsp3) is 0.286. The Morgan fingerprint density at radius 1 is 1.52 bits per heavy atom. The van der Waals surface area contributed by atoms with E-state index in [-0.39, 0.29) is 12.5 Å². The first-order valence-corrected chi connectivity index (χ1v) is 10.3. The van der Waals surface area contributed by atoms with Gasteiger partial charge < -0.3 is 14.9 Å². The number of fused-ring (bicyclic) bond motifs is 1. The first kappa shape index (κ1) is 22.6. The number of ether oxygens (including phenoxy) is 1. The molecule has 0 fully saturated rings. The zero-order chi connectivity index (χ0) is 21.4. The summed E-state index contributed by atoms with van der Waals surface area (Å²) >= 11 is 7.56. The van der Waals surface area contributed by atoms with Crippen LogP contribution in [0.5, 0.6) is 5.75 Å². The van der Waals surface area contributed by atoms with Crippen molar-refractivity contribution < 1.29 is 14.4 Å². The molecule has 0 saturated carbocycles. The zero-order valence-electron chi connectivity index (χ0n) is 16.4. The first-order valence-electron chi connectivity index (χ1n) is 8.64. The van der Waals surface area contributed by atoms with Crippen molar-refractivity contribution in [3.8, 4) is 18.1 Å². The molecule has 0 bridgehead atoms. The monoisotopic (exact) mass is 431 g/mol. The number of nitrogens with one attached hydrogen (secondary N) is 1. The molecule has 1 N–H and O–H groups in total. The maximum atomic E-state index is 12.7. The Bertz CT molecular complexity index is 970. The first-order chi connectivity index (χ1) is 13.8. The summed E-state index contributed by atoms with van der Waals surface area (Å²) in [4.78, 5) is 21.9. The molecular weight excluding hydrogens is 410 g/mol. The number of amides is 1. The van der Waals surface area contributed by atoms with Crippen LogP contribution in [0.2, 0.25) is 5.02 Å². The van der Waals surface area contributed by atoms with Gasteiger partial charge in [0.1, 0.15) is 12.4 Å². The quantitative estimate of drug-likeness (QED) is 0.162. The second-order valence-electron chi connectivity index (χ2n) is 6.56. The van der Waals surface area contributed by atoms with Gasteiger partial charge in [-0.1, -0.05) is 35.3 Å². The van der Waals surface area contributed by atoms with Crippen molar-refractivity contribution in [2.45, 2.75) is 24.8 Å². The Labute approximate surface area is 179 Å². The molecule has 2 aromatic rings. The van der Waals surface area contributed by atoms with E-state index in [2.05, 4.69) is 28.0 Å². The normalized spacial score (nSPS) is 12.4. The molecule has 0 radical (unpaired) electrons. The largest absolute Gasteiger partial charge is 0.470 e. The van der Waals surface area contributed by atoms with E-state index in [1.807, 2.05) is 0 Å². The van der Waals surface area contributed by atoms with E-state index in [1.165, 1.54) is 18.0 Å². The summed E-state index contributed by atoms with van der Waals surface area (Å²) < 4.78 is 5.87. The lowest BCUT2D eigenvalue weighted by atomic mass is 10.1. The number of benzene rings is 1. The van der Waals surface area contributed by atoms with E-state index in [0.717, 1.165) is 5.39 Å². The van der Waals surface area contributed by atoms with E-state index in [1.54, 1.807) is 50.6 Å². The molecule has 0 aliphatic rings. The highest BCUT2D eigenvalue weighted by Crippen LogP contribution is 2.29.